The van der Waals surface area contributed by atoms with E-state index in [1.165, 1.54) is 30.9 Å². The van der Waals surface area contributed by atoms with Crippen LogP contribution in [-0.4, -0.2) is 30.6 Å². The molecule has 2 heterocycles. The van der Waals surface area contributed by atoms with E-state index in [4.69, 9.17) is 0 Å². The van der Waals surface area contributed by atoms with Crippen molar-refractivity contribution in [3.63, 3.8) is 0 Å². The average Bonchev–Trinajstić information content (AvgIpc) is 2.95. The fraction of sp³-hybridized carbons (Fsp3) is 0.125. The Morgan fingerprint density at radius 2 is 2.08 bits per heavy atom. The molecule has 2 aromatic heterocycles. The molecule has 1 aromatic carbocycles. The second-order valence-corrected chi connectivity index (χ2v) is 6.30. The summed E-state index contributed by atoms with van der Waals surface area (Å²) in [4.78, 5) is 25.6. The number of pyridine rings is 1. The van der Waals surface area contributed by atoms with Crippen LogP contribution < -0.4 is 5.32 Å². The third-order valence-electron chi connectivity index (χ3n) is 3.35. The van der Waals surface area contributed by atoms with Crippen LogP contribution in [0.4, 0.5) is 11.4 Å². The minimum Gasteiger partial charge on any atom is -0.326 e. The molecule has 0 aliphatic carbocycles. The first kappa shape index (κ1) is 17.5. The lowest BCUT2D eigenvalue weighted by atomic mass is 10.2. The third kappa shape index (κ3) is 3.86. The highest BCUT2D eigenvalue weighted by molar-refractivity contribution is 7.99. The standard InChI is InChI=1S/C16H14N6O3S/c1-10-19-20-16(26-15-7-6-14(9-17-15)22(24)25)21(10)13-5-3-4-12(8-13)18-11(2)23/h3-9H,1-2H3,(H,18,23). The lowest BCUT2D eigenvalue weighted by Crippen LogP contribution is -2.07. The van der Waals surface area contributed by atoms with E-state index in [-0.39, 0.29) is 11.6 Å². The Morgan fingerprint density at radius 1 is 1.27 bits per heavy atom. The molecule has 3 rings (SSSR count). The molecule has 10 heteroatoms. The van der Waals surface area contributed by atoms with Crippen molar-refractivity contribution in [2.45, 2.75) is 24.0 Å². The Morgan fingerprint density at radius 3 is 2.73 bits per heavy atom. The van der Waals surface area contributed by atoms with Crippen molar-refractivity contribution >= 4 is 29.0 Å². The van der Waals surface area contributed by atoms with Crippen LogP contribution in [0.25, 0.3) is 5.69 Å². The van der Waals surface area contributed by atoms with Gasteiger partial charge >= 0.3 is 0 Å². The summed E-state index contributed by atoms with van der Waals surface area (Å²) in [7, 11) is 0. The lowest BCUT2D eigenvalue weighted by molar-refractivity contribution is -0.385. The molecular weight excluding hydrogens is 356 g/mol. The lowest BCUT2D eigenvalue weighted by Gasteiger charge is -2.10. The highest BCUT2D eigenvalue weighted by atomic mass is 32.2. The van der Waals surface area contributed by atoms with E-state index >= 15 is 0 Å². The maximum Gasteiger partial charge on any atom is 0.287 e. The fourth-order valence-electron chi connectivity index (χ4n) is 2.27. The Labute approximate surface area is 152 Å². The van der Waals surface area contributed by atoms with Gasteiger partial charge in [0, 0.05) is 18.7 Å². The third-order valence-corrected chi connectivity index (χ3v) is 4.24. The van der Waals surface area contributed by atoms with Crippen molar-refractivity contribution in [1.29, 1.82) is 0 Å². The Balaban J connectivity index is 1.92. The van der Waals surface area contributed by atoms with Gasteiger partial charge in [-0.25, -0.2) is 4.98 Å². The number of aryl methyl sites for hydroxylation is 1. The summed E-state index contributed by atoms with van der Waals surface area (Å²) in [6, 6.07) is 10.2. The zero-order chi connectivity index (χ0) is 18.7. The predicted octanol–water partition coefficient (Wildman–Crippen LogP) is 2.99. The second-order valence-electron chi connectivity index (χ2n) is 5.31. The van der Waals surface area contributed by atoms with Crippen LogP contribution in [0.15, 0.2) is 52.8 Å². The molecule has 0 radical (unpaired) electrons. The van der Waals surface area contributed by atoms with E-state index in [1.54, 1.807) is 12.1 Å². The van der Waals surface area contributed by atoms with Crippen molar-refractivity contribution in [1.82, 2.24) is 19.7 Å². The minimum absolute atomic E-state index is 0.0741. The second kappa shape index (κ2) is 7.31. The van der Waals surface area contributed by atoms with Gasteiger partial charge in [-0.05, 0) is 43.0 Å². The molecule has 1 N–H and O–H groups in total. The number of nitrogens with one attached hydrogen (secondary N) is 1. The smallest absolute Gasteiger partial charge is 0.287 e. The van der Waals surface area contributed by atoms with Crippen molar-refractivity contribution in [3.8, 4) is 5.69 Å². The number of hydrogen-bond acceptors (Lipinski definition) is 7. The van der Waals surface area contributed by atoms with Crippen molar-refractivity contribution in [2.24, 2.45) is 0 Å². The molecule has 0 atom stereocenters. The van der Waals surface area contributed by atoms with Crippen LogP contribution in [0.1, 0.15) is 12.7 Å². The van der Waals surface area contributed by atoms with Gasteiger partial charge in [-0.2, -0.15) is 0 Å². The van der Waals surface area contributed by atoms with E-state index in [9.17, 15) is 14.9 Å². The van der Waals surface area contributed by atoms with Gasteiger partial charge < -0.3 is 5.32 Å². The van der Waals surface area contributed by atoms with E-state index in [1.807, 2.05) is 29.7 Å². The summed E-state index contributed by atoms with van der Waals surface area (Å²) in [5, 5.41) is 22.8. The number of carbonyl (C=O) groups excluding carboxylic acids is 1. The molecule has 0 aliphatic rings. The molecule has 0 bridgehead atoms. The molecule has 0 aliphatic heterocycles. The maximum absolute atomic E-state index is 11.3. The van der Waals surface area contributed by atoms with Crippen molar-refractivity contribution in [3.05, 3.63) is 58.5 Å². The number of benzene rings is 1. The zero-order valence-electron chi connectivity index (χ0n) is 13.9. The van der Waals surface area contributed by atoms with Gasteiger partial charge in [0.25, 0.3) is 5.69 Å². The maximum atomic E-state index is 11.3. The first-order valence-electron chi connectivity index (χ1n) is 7.52. The number of hydrogen-bond donors (Lipinski definition) is 1. The molecule has 132 valence electrons. The van der Waals surface area contributed by atoms with E-state index in [0.29, 0.717) is 21.7 Å². The molecule has 9 nitrogen and oxygen atoms in total. The van der Waals surface area contributed by atoms with Gasteiger partial charge in [-0.15, -0.1) is 10.2 Å². The zero-order valence-corrected chi connectivity index (χ0v) is 14.7. The summed E-state index contributed by atoms with van der Waals surface area (Å²) in [6.07, 6.45) is 1.20. The quantitative estimate of drug-likeness (QED) is 0.542. The fourth-order valence-corrected chi connectivity index (χ4v) is 3.11. The van der Waals surface area contributed by atoms with Crippen LogP contribution in [0.2, 0.25) is 0 Å². The normalized spacial score (nSPS) is 10.5. The van der Waals surface area contributed by atoms with Gasteiger partial charge in [0.15, 0.2) is 0 Å². The molecule has 26 heavy (non-hydrogen) atoms. The summed E-state index contributed by atoms with van der Waals surface area (Å²) in [6.45, 7) is 3.25. The largest absolute Gasteiger partial charge is 0.326 e. The van der Waals surface area contributed by atoms with Crippen LogP contribution >= 0.6 is 11.8 Å². The summed E-state index contributed by atoms with van der Waals surface area (Å²) in [5.74, 6) is 0.502. The van der Waals surface area contributed by atoms with Crippen LogP contribution in [-0.2, 0) is 4.79 Å². The minimum atomic E-state index is -0.498. The Kier molecular flexibility index (Phi) is 4.94. The molecule has 0 saturated heterocycles. The molecule has 1 amide bonds. The molecule has 3 aromatic rings. The molecule has 0 spiro atoms. The number of aromatic nitrogens is 4. The molecule has 0 unspecified atom stereocenters. The van der Waals surface area contributed by atoms with Crippen LogP contribution in [0.3, 0.4) is 0 Å². The summed E-state index contributed by atoms with van der Waals surface area (Å²) in [5.41, 5.74) is 1.37. The van der Waals surface area contributed by atoms with Gasteiger partial charge in [-0.3, -0.25) is 19.5 Å². The SMILES string of the molecule is CC(=O)Nc1cccc(-n2c(C)nnc2Sc2ccc([N+](=O)[O-])cn2)c1. The first-order chi connectivity index (χ1) is 12.4. The van der Waals surface area contributed by atoms with Gasteiger partial charge in [0.2, 0.25) is 11.1 Å². The van der Waals surface area contributed by atoms with Gasteiger partial charge in [0.05, 0.1) is 10.6 Å². The average molecular weight is 370 g/mol. The Hall–Kier alpha value is -3.27. The van der Waals surface area contributed by atoms with E-state index < -0.39 is 4.92 Å². The van der Waals surface area contributed by atoms with Crippen LogP contribution in [0, 0.1) is 17.0 Å². The number of anilines is 1. The number of carbonyl (C=O) groups is 1. The number of nitro groups is 1. The van der Waals surface area contributed by atoms with Crippen molar-refractivity contribution < 1.29 is 9.72 Å². The van der Waals surface area contributed by atoms with Gasteiger partial charge in [0.1, 0.15) is 17.0 Å². The molecule has 0 fully saturated rings. The first-order valence-corrected chi connectivity index (χ1v) is 8.34. The van der Waals surface area contributed by atoms with Gasteiger partial charge in [-0.1, -0.05) is 6.07 Å². The number of nitrogens with zero attached hydrogens (tertiary/aromatic N) is 5. The summed E-state index contributed by atoms with van der Waals surface area (Å²) < 4.78 is 1.82. The number of amides is 1. The highest BCUT2D eigenvalue weighted by Crippen LogP contribution is 2.29. The number of rotatable bonds is 5. The van der Waals surface area contributed by atoms with Crippen LogP contribution in [0.5, 0.6) is 0 Å². The highest BCUT2D eigenvalue weighted by Gasteiger charge is 2.14. The Bertz CT molecular complexity index is 970. The van der Waals surface area contributed by atoms with Crippen molar-refractivity contribution in [2.75, 3.05) is 5.32 Å². The summed E-state index contributed by atoms with van der Waals surface area (Å²) >= 11 is 1.24. The van der Waals surface area contributed by atoms with E-state index in [2.05, 4.69) is 20.5 Å². The molecular formula is C16H14N6O3S. The molecule has 0 saturated carbocycles. The topological polar surface area (TPSA) is 116 Å². The predicted molar refractivity (Wildman–Crippen MR) is 95.4 cm³/mol. The monoisotopic (exact) mass is 370 g/mol. The van der Waals surface area contributed by atoms with E-state index in [0.717, 1.165) is 5.69 Å².